The van der Waals surface area contributed by atoms with Gasteiger partial charge in [-0.15, -0.1) is 0 Å². The van der Waals surface area contributed by atoms with Gasteiger partial charge in [0, 0.05) is 35.9 Å². The van der Waals surface area contributed by atoms with Crippen LogP contribution in [0.2, 0.25) is 0 Å². The number of ether oxygens (including phenoxy) is 1. The molecule has 0 aliphatic carbocycles. The van der Waals surface area contributed by atoms with Crippen molar-refractivity contribution in [2.75, 3.05) is 36.1 Å². The first-order chi connectivity index (χ1) is 16.7. The number of H-pyrrole nitrogens is 1. The second-order valence-electron chi connectivity index (χ2n) is 8.33. The summed E-state index contributed by atoms with van der Waals surface area (Å²) in [5.41, 5.74) is 2.20. The highest BCUT2D eigenvalue weighted by atomic mass is 32.2. The van der Waals surface area contributed by atoms with E-state index in [1.165, 1.54) is 19.2 Å². The molecule has 35 heavy (non-hydrogen) atoms. The number of hydrogen-bond acceptors (Lipinski definition) is 7. The third-order valence-corrected chi connectivity index (χ3v) is 6.60. The smallest absolute Gasteiger partial charge is 0.254 e. The molecule has 2 N–H and O–H groups in total. The van der Waals surface area contributed by atoms with Crippen LogP contribution in [0.25, 0.3) is 27.7 Å². The number of benzene rings is 1. The number of anilines is 2. The number of rotatable bonds is 6. The number of halogens is 1. The Morgan fingerprint density at radius 1 is 1.14 bits per heavy atom. The zero-order chi connectivity index (χ0) is 24.9. The summed E-state index contributed by atoms with van der Waals surface area (Å²) in [5, 5.41) is 0.803. The highest BCUT2D eigenvalue weighted by molar-refractivity contribution is 7.92. The Labute approximate surface area is 199 Å². The van der Waals surface area contributed by atoms with Gasteiger partial charge in [-0.05, 0) is 47.9 Å². The summed E-state index contributed by atoms with van der Waals surface area (Å²) in [6.45, 7) is 0.745. The van der Waals surface area contributed by atoms with E-state index in [4.69, 9.17) is 4.74 Å². The van der Waals surface area contributed by atoms with Crippen LogP contribution >= 0.6 is 0 Å². The van der Waals surface area contributed by atoms with Crippen LogP contribution in [-0.2, 0) is 10.0 Å². The van der Waals surface area contributed by atoms with Crippen molar-refractivity contribution in [3.8, 4) is 16.9 Å². The Hall–Kier alpha value is -3.99. The fourth-order valence-electron chi connectivity index (χ4n) is 4.40. The van der Waals surface area contributed by atoms with Gasteiger partial charge >= 0.3 is 0 Å². The van der Waals surface area contributed by atoms with Crippen molar-refractivity contribution in [3.63, 3.8) is 0 Å². The third kappa shape index (κ3) is 4.08. The number of methoxy groups -OCH3 is 1. The molecule has 180 valence electrons. The largest absolute Gasteiger partial charge is 0.496 e. The van der Waals surface area contributed by atoms with Crippen molar-refractivity contribution in [1.29, 1.82) is 0 Å². The molecule has 4 aromatic rings. The Morgan fingerprint density at radius 2 is 1.94 bits per heavy atom. The molecular formula is C24H21FN4O5S. The minimum atomic E-state index is -3.68. The van der Waals surface area contributed by atoms with Gasteiger partial charge in [0.2, 0.25) is 10.0 Å². The van der Waals surface area contributed by atoms with Gasteiger partial charge in [-0.2, -0.15) is 0 Å². The fourth-order valence-corrected chi connectivity index (χ4v) is 4.96. The van der Waals surface area contributed by atoms with Crippen molar-refractivity contribution in [3.05, 3.63) is 74.6 Å². The van der Waals surface area contributed by atoms with Crippen LogP contribution in [0.1, 0.15) is 12.1 Å². The van der Waals surface area contributed by atoms with Gasteiger partial charge in [-0.1, -0.05) is 6.08 Å². The van der Waals surface area contributed by atoms with Crippen LogP contribution in [0, 0.1) is 5.82 Å². The summed E-state index contributed by atoms with van der Waals surface area (Å²) < 4.78 is 44.7. The molecule has 0 saturated carbocycles. The van der Waals surface area contributed by atoms with E-state index in [9.17, 15) is 22.4 Å². The van der Waals surface area contributed by atoms with Gasteiger partial charge in [0.1, 0.15) is 28.6 Å². The molecular weight excluding hydrogens is 475 g/mol. The fraction of sp³-hybridized carbons (Fsp3) is 0.208. The first-order valence-corrected chi connectivity index (χ1v) is 12.6. The lowest BCUT2D eigenvalue weighted by Gasteiger charge is -2.30. The number of nitrogens with one attached hydrogen (secondary N) is 2. The molecule has 11 heteroatoms. The SMILES string of the molecule is COc1ccc(F)cc1-c1ccnc2[nH]c(C3=CCN(c4c(NS(C)(=O)=O)c(=O)c4=O)CC3)cc12. The molecule has 2 aromatic heterocycles. The zero-order valence-electron chi connectivity index (χ0n) is 18.9. The summed E-state index contributed by atoms with van der Waals surface area (Å²) in [6.07, 6.45) is 5.03. The number of pyridine rings is 1. The van der Waals surface area contributed by atoms with E-state index in [1.54, 1.807) is 23.2 Å². The van der Waals surface area contributed by atoms with Gasteiger partial charge < -0.3 is 14.6 Å². The normalized spacial score (nSPS) is 14.4. The monoisotopic (exact) mass is 496 g/mol. The minimum absolute atomic E-state index is 0.0922. The lowest BCUT2D eigenvalue weighted by atomic mass is 10.0. The molecule has 1 aliphatic rings. The predicted molar refractivity (Wildman–Crippen MR) is 133 cm³/mol. The minimum Gasteiger partial charge on any atom is -0.496 e. The average molecular weight is 497 g/mol. The number of fused-ring (bicyclic) bond motifs is 1. The number of aromatic nitrogens is 2. The molecule has 0 saturated heterocycles. The highest BCUT2D eigenvalue weighted by Gasteiger charge is 2.29. The lowest BCUT2D eigenvalue weighted by Crippen LogP contribution is -2.44. The maximum atomic E-state index is 14.0. The molecule has 9 nitrogen and oxygen atoms in total. The van der Waals surface area contributed by atoms with E-state index in [0.717, 1.165) is 28.5 Å². The molecule has 0 spiro atoms. The molecule has 5 rings (SSSR count). The van der Waals surface area contributed by atoms with E-state index in [0.29, 0.717) is 36.5 Å². The third-order valence-electron chi connectivity index (χ3n) is 6.03. The number of nitrogens with zero attached hydrogens (tertiary/aromatic N) is 2. The van der Waals surface area contributed by atoms with Crippen molar-refractivity contribution < 1.29 is 17.5 Å². The predicted octanol–water partition coefficient (Wildman–Crippen LogP) is 2.64. The standard InChI is InChI=1S/C24H21FN4O5S/c1-34-19-4-3-14(25)11-16(19)15-5-8-26-24-17(15)12-18(27-24)13-6-9-29(10-7-13)21-20(22(30)23(21)31)28-35(2,32)33/h3-6,8,11-12,28H,7,9-10H2,1-2H3,(H,26,27). The Bertz CT molecular complexity index is 1680. The van der Waals surface area contributed by atoms with Crippen molar-refractivity contribution >= 4 is 38.0 Å². The van der Waals surface area contributed by atoms with Gasteiger partial charge in [0.25, 0.3) is 10.9 Å². The maximum absolute atomic E-state index is 14.0. The van der Waals surface area contributed by atoms with Crippen LogP contribution < -0.4 is 25.2 Å². The van der Waals surface area contributed by atoms with E-state index < -0.39 is 20.9 Å². The van der Waals surface area contributed by atoms with Crippen LogP contribution in [-0.4, -0.2) is 44.8 Å². The van der Waals surface area contributed by atoms with Gasteiger partial charge in [-0.3, -0.25) is 14.3 Å². The van der Waals surface area contributed by atoms with E-state index in [-0.39, 0.29) is 17.2 Å². The Kier molecular flexibility index (Phi) is 5.43. The van der Waals surface area contributed by atoms with Crippen molar-refractivity contribution in [1.82, 2.24) is 9.97 Å². The first-order valence-electron chi connectivity index (χ1n) is 10.7. The Balaban J connectivity index is 1.47. The van der Waals surface area contributed by atoms with Crippen LogP contribution in [0.5, 0.6) is 5.75 Å². The van der Waals surface area contributed by atoms with Crippen LogP contribution in [0.15, 0.2) is 52.2 Å². The van der Waals surface area contributed by atoms with Crippen LogP contribution in [0.4, 0.5) is 15.8 Å². The summed E-state index contributed by atoms with van der Waals surface area (Å²) in [5.74, 6) is 0.167. The second kappa shape index (κ2) is 8.35. The number of sulfonamides is 1. The summed E-state index contributed by atoms with van der Waals surface area (Å²) in [7, 11) is -2.15. The molecule has 0 amide bonds. The topological polar surface area (TPSA) is 121 Å². The van der Waals surface area contributed by atoms with Crippen LogP contribution in [0.3, 0.4) is 0 Å². The average Bonchev–Trinajstić information content (AvgIpc) is 3.27. The maximum Gasteiger partial charge on any atom is 0.254 e. The summed E-state index contributed by atoms with van der Waals surface area (Å²) in [4.78, 5) is 33.4. The Morgan fingerprint density at radius 3 is 2.63 bits per heavy atom. The molecule has 1 aliphatic heterocycles. The van der Waals surface area contributed by atoms with Gasteiger partial charge in [0.15, 0.2) is 0 Å². The van der Waals surface area contributed by atoms with Gasteiger partial charge in [-0.25, -0.2) is 17.8 Å². The highest BCUT2D eigenvalue weighted by Crippen LogP contribution is 2.37. The van der Waals surface area contributed by atoms with Gasteiger partial charge in [0.05, 0.1) is 13.4 Å². The summed E-state index contributed by atoms with van der Waals surface area (Å²) in [6, 6.07) is 8.09. The van der Waals surface area contributed by atoms with E-state index in [1.807, 2.05) is 12.1 Å². The molecule has 0 atom stereocenters. The molecule has 0 unspecified atom stereocenters. The van der Waals surface area contributed by atoms with E-state index in [2.05, 4.69) is 14.7 Å². The second-order valence-corrected chi connectivity index (χ2v) is 10.1. The lowest BCUT2D eigenvalue weighted by molar-refractivity contribution is 0.415. The van der Waals surface area contributed by atoms with E-state index >= 15 is 0 Å². The number of hydrogen-bond donors (Lipinski definition) is 2. The molecule has 0 bridgehead atoms. The molecule has 0 radical (unpaired) electrons. The number of aromatic amines is 1. The van der Waals surface area contributed by atoms with Crippen molar-refractivity contribution in [2.45, 2.75) is 6.42 Å². The molecule has 2 aromatic carbocycles. The molecule has 0 fully saturated rings. The first kappa shape index (κ1) is 22.8. The summed E-state index contributed by atoms with van der Waals surface area (Å²) >= 11 is 0. The quantitative estimate of drug-likeness (QED) is 0.394. The van der Waals surface area contributed by atoms with Crippen molar-refractivity contribution in [2.24, 2.45) is 0 Å². The zero-order valence-corrected chi connectivity index (χ0v) is 19.7. The molecule has 3 heterocycles.